The average Bonchev–Trinajstić information content (AvgIpc) is 2.26. The monoisotopic (exact) mass is 223 g/mol. The molecular formula is C11H13NO4. The average molecular weight is 223 g/mol. The van der Waals surface area contributed by atoms with Crippen molar-refractivity contribution in [2.75, 3.05) is 0 Å². The van der Waals surface area contributed by atoms with Gasteiger partial charge in [-0.05, 0) is 18.9 Å². The Morgan fingerprint density at radius 3 is 1.69 bits per heavy atom. The maximum Gasteiger partial charge on any atom is 0.337 e. The number of carbonyl (C=O) groups is 2. The Balaban J connectivity index is 3.46. The third kappa shape index (κ3) is 2.18. The van der Waals surface area contributed by atoms with Crippen LogP contribution < -0.4 is 0 Å². The highest BCUT2D eigenvalue weighted by atomic mass is 16.4. The van der Waals surface area contributed by atoms with Crippen molar-refractivity contribution >= 4 is 11.9 Å². The predicted octanol–water partition coefficient (Wildman–Crippen LogP) is 1.60. The molecule has 0 spiro atoms. The molecule has 0 aliphatic carbocycles. The Labute approximate surface area is 92.8 Å². The van der Waals surface area contributed by atoms with Crippen LogP contribution in [0, 0.1) is 0 Å². The van der Waals surface area contributed by atoms with Crippen molar-refractivity contribution in [2.45, 2.75) is 26.7 Å². The number of aromatic nitrogens is 1. The zero-order valence-electron chi connectivity index (χ0n) is 9.15. The van der Waals surface area contributed by atoms with Crippen molar-refractivity contribution in [2.24, 2.45) is 0 Å². The number of rotatable bonds is 4. The van der Waals surface area contributed by atoms with Gasteiger partial charge in [-0.2, -0.15) is 0 Å². The molecule has 0 aliphatic heterocycles. The lowest BCUT2D eigenvalue weighted by molar-refractivity contribution is 0.0695. The van der Waals surface area contributed by atoms with Crippen LogP contribution in [-0.2, 0) is 12.8 Å². The fourth-order valence-electron chi connectivity index (χ4n) is 1.50. The van der Waals surface area contributed by atoms with Crippen molar-refractivity contribution in [1.29, 1.82) is 0 Å². The topological polar surface area (TPSA) is 87.5 Å². The van der Waals surface area contributed by atoms with Gasteiger partial charge in [0.05, 0.1) is 22.5 Å². The number of pyridine rings is 1. The van der Waals surface area contributed by atoms with Gasteiger partial charge in [0.1, 0.15) is 0 Å². The summed E-state index contributed by atoms with van der Waals surface area (Å²) in [4.78, 5) is 25.9. The van der Waals surface area contributed by atoms with Gasteiger partial charge >= 0.3 is 11.9 Å². The van der Waals surface area contributed by atoms with Crippen molar-refractivity contribution < 1.29 is 19.8 Å². The zero-order valence-corrected chi connectivity index (χ0v) is 9.15. The van der Waals surface area contributed by atoms with Crippen molar-refractivity contribution in [3.63, 3.8) is 0 Å². The van der Waals surface area contributed by atoms with Crippen molar-refractivity contribution in [3.05, 3.63) is 28.6 Å². The highest BCUT2D eigenvalue weighted by Gasteiger charge is 2.18. The molecule has 0 saturated carbocycles. The summed E-state index contributed by atoms with van der Waals surface area (Å²) in [7, 11) is 0. The molecule has 0 saturated heterocycles. The van der Waals surface area contributed by atoms with E-state index in [4.69, 9.17) is 10.2 Å². The minimum atomic E-state index is -1.14. The Morgan fingerprint density at radius 1 is 1.06 bits per heavy atom. The van der Waals surface area contributed by atoms with Crippen LogP contribution in [-0.4, -0.2) is 27.1 Å². The minimum absolute atomic E-state index is 0.0305. The molecule has 0 bridgehead atoms. The van der Waals surface area contributed by atoms with E-state index in [2.05, 4.69) is 4.98 Å². The fourth-order valence-corrected chi connectivity index (χ4v) is 1.50. The Kier molecular flexibility index (Phi) is 3.60. The van der Waals surface area contributed by atoms with Crippen molar-refractivity contribution in [3.8, 4) is 0 Å². The first-order valence-corrected chi connectivity index (χ1v) is 5.00. The van der Waals surface area contributed by atoms with E-state index in [1.807, 2.05) is 0 Å². The first-order chi connectivity index (χ1) is 7.51. The maximum atomic E-state index is 10.9. The summed E-state index contributed by atoms with van der Waals surface area (Å²) < 4.78 is 0. The molecule has 1 rings (SSSR count). The number of carboxylic acids is 2. The third-order valence-electron chi connectivity index (χ3n) is 2.31. The summed E-state index contributed by atoms with van der Waals surface area (Å²) in [5.41, 5.74) is 0.790. The fraction of sp³-hybridized carbons (Fsp3) is 0.364. The number of hydrogen-bond acceptors (Lipinski definition) is 3. The summed E-state index contributed by atoms with van der Waals surface area (Å²) in [6.07, 6.45) is 0.934. The molecule has 1 aromatic rings. The van der Waals surface area contributed by atoms with E-state index in [-0.39, 0.29) is 11.1 Å². The molecule has 86 valence electrons. The Hall–Kier alpha value is -1.91. The van der Waals surface area contributed by atoms with Gasteiger partial charge in [-0.25, -0.2) is 9.59 Å². The van der Waals surface area contributed by atoms with E-state index in [9.17, 15) is 9.59 Å². The molecule has 0 radical (unpaired) electrons. The number of nitrogens with zero attached hydrogens (tertiary/aromatic N) is 1. The smallest absolute Gasteiger partial charge is 0.337 e. The standard InChI is InChI=1S/C11H13NO4/c1-3-8-6(10(13)14)5-7(11(15)16)9(4-2)12-8/h5H,3-4H2,1-2H3,(H,13,14)(H,15,16). The van der Waals surface area contributed by atoms with Crippen LogP contribution in [0.2, 0.25) is 0 Å². The lowest BCUT2D eigenvalue weighted by Gasteiger charge is -2.08. The van der Waals surface area contributed by atoms with Gasteiger partial charge < -0.3 is 10.2 Å². The first-order valence-electron chi connectivity index (χ1n) is 5.00. The quantitative estimate of drug-likeness (QED) is 0.809. The second-order valence-corrected chi connectivity index (χ2v) is 3.29. The highest BCUT2D eigenvalue weighted by molar-refractivity contribution is 5.95. The van der Waals surface area contributed by atoms with E-state index >= 15 is 0 Å². The van der Waals surface area contributed by atoms with Crippen LogP contribution >= 0.6 is 0 Å². The van der Waals surface area contributed by atoms with Gasteiger partial charge in [0.25, 0.3) is 0 Å². The van der Waals surface area contributed by atoms with E-state index < -0.39 is 11.9 Å². The van der Waals surface area contributed by atoms with Gasteiger partial charge in [-0.15, -0.1) is 0 Å². The normalized spacial score (nSPS) is 10.1. The Morgan fingerprint density at radius 2 is 1.44 bits per heavy atom. The first kappa shape index (κ1) is 12.2. The van der Waals surface area contributed by atoms with Crippen LogP contribution in [0.3, 0.4) is 0 Å². The molecular weight excluding hydrogens is 210 g/mol. The number of carboxylic acid groups (broad SMARTS) is 2. The largest absolute Gasteiger partial charge is 0.478 e. The summed E-state index contributed by atoms with van der Waals surface area (Å²) in [5.74, 6) is -2.29. The Bertz CT molecular complexity index is 403. The molecule has 0 aliphatic rings. The van der Waals surface area contributed by atoms with E-state index in [1.165, 1.54) is 6.07 Å². The lowest BCUT2D eigenvalue weighted by Crippen LogP contribution is -2.12. The van der Waals surface area contributed by atoms with E-state index in [1.54, 1.807) is 13.8 Å². The van der Waals surface area contributed by atoms with Gasteiger partial charge in [-0.3, -0.25) is 4.98 Å². The van der Waals surface area contributed by atoms with Gasteiger partial charge in [0.2, 0.25) is 0 Å². The second-order valence-electron chi connectivity index (χ2n) is 3.29. The minimum Gasteiger partial charge on any atom is -0.478 e. The van der Waals surface area contributed by atoms with E-state index in [0.717, 1.165) is 0 Å². The zero-order chi connectivity index (χ0) is 12.3. The molecule has 1 aromatic heterocycles. The van der Waals surface area contributed by atoms with E-state index in [0.29, 0.717) is 24.2 Å². The van der Waals surface area contributed by atoms with Crippen molar-refractivity contribution in [1.82, 2.24) is 4.98 Å². The van der Waals surface area contributed by atoms with Gasteiger partial charge in [0, 0.05) is 0 Å². The molecule has 16 heavy (non-hydrogen) atoms. The molecule has 0 unspecified atom stereocenters. The van der Waals surface area contributed by atoms with Gasteiger partial charge in [-0.1, -0.05) is 13.8 Å². The summed E-state index contributed by atoms with van der Waals surface area (Å²) in [6, 6.07) is 1.19. The van der Waals surface area contributed by atoms with Crippen LogP contribution in [0.1, 0.15) is 46.0 Å². The second kappa shape index (κ2) is 4.74. The van der Waals surface area contributed by atoms with Crippen LogP contribution in [0.5, 0.6) is 0 Å². The predicted molar refractivity (Wildman–Crippen MR) is 56.9 cm³/mol. The highest BCUT2D eigenvalue weighted by Crippen LogP contribution is 2.15. The molecule has 0 fully saturated rings. The molecule has 1 heterocycles. The maximum absolute atomic E-state index is 10.9. The summed E-state index contributed by atoms with van der Waals surface area (Å²) >= 11 is 0. The summed E-state index contributed by atoms with van der Waals surface area (Å²) in [6.45, 7) is 3.57. The molecule has 0 atom stereocenters. The summed E-state index contributed by atoms with van der Waals surface area (Å²) in [5, 5.41) is 17.9. The number of hydrogen-bond donors (Lipinski definition) is 2. The van der Waals surface area contributed by atoms with Crippen LogP contribution in [0.15, 0.2) is 6.07 Å². The SMILES string of the molecule is CCc1nc(CC)c(C(=O)O)cc1C(=O)O. The molecule has 2 N–H and O–H groups in total. The number of aryl methyl sites for hydroxylation is 2. The molecule has 0 aromatic carbocycles. The molecule has 5 nitrogen and oxygen atoms in total. The lowest BCUT2D eigenvalue weighted by atomic mass is 10.0. The third-order valence-corrected chi connectivity index (χ3v) is 2.31. The number of aromatic carboxylic acids is 2. The molecule has 5 heteroatoms. The molecule has 0 amide bonds. The van der Waals surface area contributed by atoms with Crippen LogP contribution in [0.25, 0.3) is 0 Å². The van der Waals surface area contributed by atoms with Gasteiger partial charge in [0.15, 0.2) is 0 Å². The van der Waals surface area contributed by atoms with Crippen LogP contribution in [0.4, 0.5) is 0 Å².